The van der Waals surface area contributed by atoms with Crippen LogP contribution in [-0.2, 0) is 4.74 Å². The smallest absolute Gasteiger partial charge is 0.0594 e. The average Bonchev–Trinajstić information content (AvgIpc) is 2.59. The summed E-state index contributed by atoms with van der Waals surface area (Å²) in [5.41, 5.74) is 1.50. The maximum atomic E-state index is 5.44. The molecule has 0 aliphatic carbocycles. The van der Waals surface area contributed by atoms with Crippen LogP contribution in [0.25, 0.3) is 0 Å². The molecule has 1 fully saturated rings. The maximum Gasteiger partial charge on any atom is 0.0594 e. The van der Waals surface area contributed by atoms with Gasteiger partial charge in [0.1, 0.15) is 0 Å². The first-order valence-corrected chi connectivity index (χ1v) is 9.24. The normalized spacial score (nSPS) is 22.5. The number of hydrogen-bond donors (Lipinski definition) is 0. The first kappa shape index (κ1) is 16.1. The van der Waals surface area contributed by atoms with Gasteiger partial charge >= 0.3 is 0 Å². The predicted octanol–water partition coefficient (Wildman–Crippen LogP) is 3.04. The number of morpholine rings is 1. The van der Waals surface area contributed by atoms with Gasteiger partial charge in [-0.2, -0.15) is 0 Å². The third kappa shape index (κ3) is 3.93. The van der Waals surface area contributed by atoms with E-state index < -0.39 is 0 Å². The summed E-state index contributed by atoms with van der Waals surface area (Å²) < 4.78 is 5.44. The predicted molar refractivity (Wildman–Crippen MR) is 93.6 cm³/mol. The molecule has 1 saturated heterocycles. The number of rotatable bonds is 6. The van der Waals surface area contributed by atoms with Crippen molar-refractivity contribution in [1.82, 2.24) is 9.80 Å². The van der Waals surface area contributed by atoms with Gasteiger partial charge in [-0.05, 0) is 23.8 Å². The van der Waals surface area contributed by atoms with Gasteiger partial charge in [0.05, 0.1) is 13.2 Å². The van der Waals surface area contributed by atoms with Gasteiger partial charge in [0, 0.05) is 43.7 Å². The van der Waals surface area contributed by atoms with E-state index >= 15 is 0 Å². The fourth-order valence-electron chi connectivity index (χ4n) is 3.34. The lowest BCUT2D eigenvalue weighted by molar-refractivity contribution is 0.0313. The van der Waals surface area contributed by atoms with E-state index in [1.165, 1.54) is 22.6 Å². The van der Waals surface area contributed by atoms with Crippen LogP contribution in [0.5, 0.6) is 0 Å². The Labute approximate surface area is 138 Å². The van der Waals surface area contributed by atoms with Crippen molar-refractivity contribution >= 4 is 11.8 Å². The van der Waals surface area contributed by atoms with E-state index in [4.69, 9.17) is 4.74 Å². The Bertz CT molecular complexity index is 488. The molecule has 0 N–H and O–H groups in total. The zero-order valence-electron chi connectivity index (χ0n) is 13.2. The van der Waals surface area contributed by atoms with Crippen molar-refractivity contribution in [2.75, 3.05) is 51.7 Å². The fourth-order valence-corrected chi connectivity index (χ4v) is 4.44. The summed E-state index contributed by atoms with van der Waals surface area (Å²) in [6.07, 6.45) is 3.28. The number of fused-ring (bicyclic) bond motifs is 1. The van der Waals surface area contributed by atoms with Crippen molar-refractivity contribution in [2.24, 2.45) is 0 Å². The van der Waals surface area contributed by atoms with Crippen LogP contribution in [0.2, 0.25) is 0 Å². The van der Waals surface area contributed by atoms with E-state index in [1.54, 1.807) is 0 Å². The number of nitrogens with zero attached hydrogens (tertiary/aromatic N) is 2. The molecule has 1 aromatic carbocycles. The van der Waals surface area contributed by atoms with Crippen molar-refractivity contribution in [3.63, 3.8) is 0 Å². The Kier molecular flexibility index (Phi) is 5.96. The van der Waals surface area contributed by atoms with Gasteiger partial charge in [0.2, 0.25) is 0 Å². The number of benzene rings is 1. The molecule has 0 saturated carbocycles. The summed E-state index contributed by atoms with van der Waals surface area (Å²) in [5.74, 6) is 1.22. The molecular weight excluding hydrogens is 292 g/mol. The highest BCUT2D eigenvalue weighted by atomic mass is 32.2. The summed E-state index contributed by atoms with van der Waals surface area (Å²) in [7, 11) is 0. The Hall–Kier alpha value is -0.810. The van der Waals surface area contributed by atoms with E-state index in [1.807, 2.05) is 17.8 Å². The van der Waals surface area contributed by atoms with Gasteiger partial charge in [0.25, 0.3) is 0 Å². The molecule has 120 valence electrons. The van der Waals surface area contributed by atoms with Crippen LogP contribution in [-0.4, -0.2) is 61.5 Å². The second kappa shape index (κ2) is 8.16. The highest BCUT2D eigenvalue weighted by molar-refractivity contribution is 7.99. The van der Waals surface area contributed by atoms with E-state index in [0.29, 0.717) is 6.04 Å². The summed E-state index contributed by atoms with van der Waals surface area (Å²) in [6.45, 7) is 11.1. The Balaban J connectivity index is 1.67. The molecule has 4 heteroatoms. The summed E-state index contributed by atoms with van der Waals surface area (Å²) >= 11 is 1.99. The molecule has 2 heterocycles. The topological polar surface area (TPSA) is 15.7 Å². The van der Waals surface area contributed by atoms with Crippen molar-refractivity contribution in [2.45, 2.75) is 17.4 Å². The molecule has 2 aliphatic rings. The van der Waals surface area contributed by atoms with E-state index in [0.717, 1.165) is 45.9 Å². The van der Waals surface area contributed by atoms with Crippen molar-refractivity contribution in [3.8, 4) is 0 Å². The molecule has 0 bridgehead atoms. The second-order valence-corrected chi connectivity index (χ2v) is 7.07. The van der Waals surface area contributed by atoms with Gasteiger partial charge < -0.3 is 4.74 Å². The minimum Gasteiger partial charge on any atom is -0.379 e. The summed E-state index contributed by atoms with van der Waals surface area (Å²) in [5, 5.41) is 0. The minimum atomic E-state index is 0.538. The van der Waals surface area contributed by atoms with E-state index in [9.17, 15) is 0 Å². The van der Waals surface area contributed by atoms with Crippen LogP contribution in [0.3, 0.4) is 0 Å². The standard InChI is InChI=1S/C18H26N2OS/c1-2-8-20(10-9-19-11-13-21-14-12-19)17-7-15-22-18-6-4-3-5-16(17)18/h2-6,17H,1,7-15H2. The SMILES string of the molecule is C=CCN(CCN1CCOCC1)C1CCSc2ccccc21. The Morgan fingerprint density at radius 3 is 2.95 bits per heavy atom. The van der Waals surface area contributed by atoms with Gasteiger partial charge in [0.15, 0.2) is 0 Å². The molecule has 2 aliphatic heterocycles. The molecule has 3 nitrogen and oxygen atoms in total. The van der Waals surface area contributed by atoms with Gasteiger partial charge in [-0.25, -0.2) is 0 Å². The quantitative estimate of drug-likeness (QED) is 0.749. The molecular formula is C18H26N2OS. The van der Waals surface area contributed by atoms with Gasteiger partial charge in [-0.1, -0.05) is 24.3 Å². The Morgan fingerprint density at radius 1 is 1.32 bits per heavy atom. The third-order valence-electron chi connectivity index (χ3n) is 4.54. The van der Waals surface area contributed by atoms with Crippen LogP contribution in [0.15, 0.2) is 41.8 Å². The lowest BCUT2D eigenvalue weighted by Gasteiger charge is -2.37. The van der Waals surface area contributed by atoms with Crippen molar-refractivity contribution in [1.29, 1.82) is 0 Å². The van der Waals surface area contributed by atoms with Gasteiger partial charge in [-0.15, -0.1) is 18.3 Å². The first-order chi connectivity index (χ1) is 10.9. The molecule has 0 amide bonds. The maximum absolute atomic E-state index is 5.44. The molecule has 1 unspecified atom stereocenters. The molecule has 1 atom stereocenters. The summed E-state index contributed by atoms with van der Waals surface area (Å²) in [6, 6.07) is 9.43. The first-order valence-electron chi connectivity index (χ1n) is 8.25. The second-order valence-electron chi connectivity index (χ2n) is 5.93. The summed E-state index contributed by atoms with van der Waals surface area (Å²) in [4.78, 5) is 6.57. The highest BCUT2D eigenvalue weighted by Gasteiger charge is 2.25. The highest BCUT2D eigenvalue weighted by Crippen LogP contribution is 2.39. The number of ether oxygens (including phenoxy) is 1. The molecule has 3 rings (SSSR count). The van der Waals surface area contributed by atoms with Crippen LogP contribution in [0.4, 0.5) is 0 Å². The zero-order chi connectivity index (χ0) is 15.2. The minimum absolute atomic E-state index is 0.538. The largest absolute Gasteiger partial charge is 0.379 e. The Morgan fingerprint density at radius 2 is 2.14 bits per heavy atom. The molecule has 22 heavy (non-hydrogen) atoms. The van der Waals surface area contributed by atoms with Crippen molar-refractivity contribution in [3.05, 3.63) is 42.5 Å². The van der Waals surface area contributed by atoms with Crippen LogP contribution in [0.1, 0.15) is 18.0 Å². The lowest BCUT2D eigenvalue weighted by atomic mass is 10.0. The van der Waals surface area contributed by atoms with E-state index in [2.05, 4.69) is 40.6 Å². The monoisotopic (exact) mass is 318 g/mol. The molecule has 0 spiro atoms. The lowest BCUT2D eigenvalue weighted by Crippen LogP contribution is -2.42. The van der Waals surface area contributed by atoms with Crippen molar-refractivity contribution < 1.29 is 4.74 Å². The number of hydrogen-bond acceptors (Lipinski definition) is 4. The fraction of sp³-hybridized carbons (Fsp3) is 0.556. The number of thioether (sulfide) groups is 1. The van der Waals surface area contributed by atoms with Crippen LogP contribution < -0.4 is 0 Å². The molecule has 1 aromatic rings. The third-order valence-corrected chi connectivity index (χ3v) is 5.66. The van der Waals surface area contributed by atoms with E-state index in [-0.39, 0.29) is 0 Å². The molecule has 0 radical (unpaired) electrons. The van der Waals surface area contributed by atoms with Crippen LogP contribution in [0, 0.1) is 0 Å². The van der Waals surface area contributed by atoms with Crippen LogP contribution >= 0.6 is 11.8 Å². The average molecular weight is 318 g/mol. The molecule has 0 aromatic heterocycles. The van der Waals surface area contributed by atoms with Gasteiger partial charge in [-0.3, -0.25) is 9.80 Å². The zero-order valence-corrected chi connectivity index (χ0v) is 14.1.